The number of carbonyl (C=O) groups excluding carboxylic acids is 1. The van der Waals surface area contributed by atoms with Crippen molar-refractivity contribution in [2.75, 3.05) is 20.1 Å². The average molecular weight is 198 g/mol. The Kier molecular flexibility index (Phi) is 3.53. The van der Waals surface area contributed by atoms with Gasteiger partial charge in [-0.05, 0) is 38.8 Å². The second-order valence-electron chi connectivity index (χ2n) is 4.27. The second-order valence-corrected chi connectivity index (χ2v) is 4.27. The van der Waals surface area contributed by atoms with Crippen LogP contribution in [0, 0.1) is 11.3 Å². The van der Waals surface area contributed by atoms with E-state index in [-0.39, 0.29) is 11.3 Å². The first kappa shape index (κ1) is 11.5. The molecule has 14 heavy (non-hydrogen) atoms. The van der Waals surface area contributed by atoms with Crippen molar-refractivity contribution in [2.45, 2.75) is 33.1 Å². The third-order valence-corrected chi connectivity index (χ3v) is 3.45. The van der Waals surface area contributed by atoms with Gasteiger partial charge in [0.2, 0.25) is 5.91 Å². The number of hydrogen-bond acceptors (Lipinski definition) is 2. The third kappa shape index (κ3) is 1.92. The summed E-state index contributed by atoms with van der Waals surface area (Å²) in [6.45, 7) is 6.18. The standard InChI is InChI=1S/C9H16N2O.C2H6/c1-11-5-2-7(6-11)9(3-4-9)8(10)12;1-2/h7H,2-6H2,1H3,(H2,10,12);1-2H3. The van der Waals surface area contributed by atoms with E-state index in [2.05, 4.69) is 11.9 Å². The normalized spacial score (nSPS) is 29.2. The molecule has 1 saturated heterocycles. The smallest absolute Gasteiger partial charge is 0.223 e. The van der Waals surface area contributed by atoms with Crippen LogP contribution in [0.15, 0.2) is 0 Å². The van der Waals surface area contributed by atoms with Crippen LogP contribution in [0.5, 0.6) is 0 Å². The molecular weight excluding hydrogens is 176 g/mol. The molecule has 0 bridgehead atoms. The van der Waals surface area contributed by atoms with Crippen molar-refractivity contribution in [1.29, 1.82) is 0 Å². The zero-order valence-electron chi connectivity index (χ0n) is 9.55. The van der Waals surface area contributed by atoms with Crippen LogP contribution in [0.1, 0.15) is 33.1 Å². The minimum absolute atomic E-state index is 0.0669. The van der Waals surface area contributed by atoms with E-state index in [4.69, 9.17) is 5.73 Å². The highest BCUT2D eigenvalue weighted by Crippen LogP contribution is 2.54. The van der Waals surface area contributed by atoms with Gasteiger partial charge in [0.25, 0.3) is 0 Å². The summed E-state index contributed by atoms with van der Waals surface area (Å²) < 4.78 is 0. The minimum Gasteiger partial charge on any atom is -0.369 e. The van der Waals surface area contributed by atoms with Crippen molar-refractivity contribution in [3.8, 4) is 0 Å². The first-order valence-corrected chi connectivity index (χ1v) is 5.63. The average Bonchev–Trinajstić information content (AvgIpc) is 2.89. The molecule has 1 amide bonds. The summed E-state index contributed by atoms with van der Waals surface area (Å²) in [6, 6.07) is 0. The fourth-order valence-electron chi connectivity index (χ4n) is 2.38. The van der Waals surface area contributed by atoms with Crippen LogP contribution in [-0.2, 0) is 4.79 Å². The Morgan fingerprint density at radius 1 is 1.43 bits per heavy atom. The molecule has 82 valence electrons. The number of nitrogens with two attached hydrogens (primary N) is 1. The lowest BCUT2D eigenvalue weighted by atomic mass is 9.88. The summed E-state index contributed by atoms with van der Waals surface area (Å²) in [7, 11) is 2.11. The number of hydrogen-bond donors (Lipinski definition) is 1. The summed E-state index contributed by atoms with van der Waals surface area (Å²) in [4.78, 5) is 13.5. The van der Waals surface area contributed by atoms with Gasteiger partial charge in [-0.3, -0.25) is 4.79 Å². The first-order chi connectivity index (χ1) is 6.65. The van der Waals surface area contributed by atoms with Crippen molar-refractivity contribution in [3.63, 3.8) is 0 Å². The maximum Gasteiger partial charge on any atom is 0.223 e. The fourth-order valence-corrected chi connectivity index (χ4v) is 2.38. The van der Waals surface area contributed by atoms with E-state index in [0.717, 1.165) is 32.4 Å². The van der Waals surface area contributed by atoms with Gasteiger partial charge >= 0.3 is 0 Å². The van der Waals surface area contributed by atoms with Gasteiger partial charge in [0, 0.05) is 6.54 Å². The molecule has 1 atom stereocenters. The number of likely N-dealkylation sites (tertiary alicyclic amines) is 1. The van der Waals surface area contributed by atoms with Gasteiger partial charge in [0.15, 0.2) is 0 Å². The molecule has 1 heterocycles. The quantitative estimate of drug-likeness (QED) is 0.725. The molecule has 1 aliphatic heterocycles. The van der Waals surface area contributed by atoms with Crippen molar-refractivity contribution in [2.24, 2.45) is 17.1 Å². The SMILES string of the molecule is CC.CN1CCC(C2(C(N)=O)CC2)C1. The molecule has 2 N–H and O–H groups in total. The highest BCUT2D eigenvalue weighted by Gasteiger charge is 2.55. The maximum absolute atomic E-state index is 11.2. The van der Waals surface area contributed by atoms with Crippen LogP contribution in [-0.4, -0.2) is 30.9 Å². The van der Waals surface area contributed by atoms with E-state index in [0.29, 0.717) is 5.92 Å². The summed E-state index contributed by atoms with van der Waals surface area (Å²) in [5.41, 5.74) is 5.31. The molecule has 0 radical (unpaired) electrons. The topological polar surface area (TPSA) is 46.3 Å². The highest BCUT2D eigenvalue weighted by molar-refractivity contribution is 5.84. The molecule has 2 fully saturated rings. The Bertz CT molecular complexity index is 211. The molecule has 1 aliphatic carbocycles. The van der Waals surface area contributed by atoms with E-state index in [9.17, 15) is 4.79 Å². The summed E-state index contributed by atoms with van der Waals surface area (Å²) in [5.74, 6) is 0.475. The number of primary amides is 1. The van der Waals surface area contributed by atoms with Gasteiger partial charge in [-0.15, -0.1) is 0 Å². The number of amides is 1. The lowest BCUT2D eigenvalue weighted by Gasteiger charge is -2.18. The monoisotopic (exact) mass is 198 g/mol. The van der Waals surface area contributed by atoms with Crippen LogP contribution in [0.2, 0.25) is 0 Å². The zero-order valence-corrected chi connectivity index (χ0v) is 9.55. The number of rotatable bonds is 2. The number of carbonyl (C=O) groups is 1. The fraction of sp³-hybridized carbons (Fsp3) is 0.909. The van der Waals surface area contributed by atoms with E-state index in [1.54, 1.807) is 0 Å². The van der Waals surface area contributed by atoms with Crippen molar-refractivity contribution in [1.82, 2.24) is 4.90 Å². The molecule has 3 heteroatoms. The lowest BCUT2D eigenvalue weighted by Crippen LogP contribution is -2.33. The van der Waals surface area contributed by atoms with Crippen molar-refractivity contribution >= 4 is 5.91 Å². The Balaban J connectivity index is 0.000000461. The largest absolute Gasteiger partial charge is 0.369 e. The third-order valence-electron chi connectivity index (χ3n) is 3.45. The molecular formula is C11H22N2O. The van der Waals surface area contributed by atoms with Gasteiger partial charge in [0.1, 0.15) is 0 Å². The Morgan fingerprint density at radius 2 is 2.00 bits per heavy atom. The molecule has 0 aromatic heterocycles. The van der Waals surface area contributed by atoms with E-state index < -0.39 is 0 Å². The molecule has 1 saturated carbocycles. The van der Waals surface area contributed by atoms with E-state index in [1.165, 1.54) is 0 Å². The predicted molar refractivity (Wildman–Crippen MR) is 57.8 cm³/mol. The van der Waals surface area contributed by atoms with Crippen molar-refractivity contribution < 1.29 is 4.79 Å². The highest BCUT2D eigenvalue weighted by atomic mass is 16.1. The Labute approximate surface area is 86.6 Å². The van der Waals surface area contributed by atoms with Gasteiger partial charge in [-0.1, -0.05) is 13.8 Å². The Hall–Kier alpha value is -0.570. The zero-order chi connectivity index (χ0) is 10.8. The summed E-state index contributed by atoms with van der Waals surface area (Å²) in [5, 5.41) is 0. The molecule has 3 nitrogen and oxygen atoms in total. The van der Waals surface area contributed by atoms with Crippen LogP contribution in [0.4, 0.5) is 0 Å². The van der Waals surface area contributed by atoms with Gasteiger partial charge in [-0.25, -0.2) is 0 Å². The Morgan fingerprint density at radius 3 is 2.29 bits per heavy atom. The summed E-state index contributed by atoms with van der Waals surface area (Å²) in [6.07, 6.45) is 3.21. The van der Waals surface area contributed by atoms with Crippen LogP contribution in [0.3, 0.4) is 0 Å². The molecule has 2 aliphatic rings. The summed E-state index contributed by atoms with van der Waals surface area (Å²) >= 11 is 0. The van der Waals surface area contributed by atoms with Crippen LogP contribution < -0.4 is 5.73 Å². The molecule has 2 rings (SSSR count). The second kappa shape index (κ2) is 4.30. The maximum atomic E-state index is 11.2. The molecule has 0 aromatic carbocycles. The molecule has 0 aromatic rings. The first-order valence-electron chi connectivity index (χ1n) is 5.63. The van der Waals surface area contributed by atoms with Crippen LogP contribution in [0.25, 0.3) is 0 Å². The van der Waals surface area contributed by atoms with Gasteiger partial charge in [-0.2, -0.15) is 0 Å². The predicted octanol–water partition coefficient (Wildman–Crippen LogP) is 1.23. The van der Waals surface area contributed by atoms with E-state index >= 15 is 0 Å². The van der Waals surface area contributed by atoms with Crippen molar-refractivity contribution in [3.05, 3.63) is 0 Å². The van der Waals surface area contributed by atoms with Gasteiger partial charge in [0.05, 0.1) is 5.41 Å². The van der Waals surface area contributed by atoms with Gasteiger partial charge < -0.3 is 10.6 Å². The molecule has 0 spiro atoms. The molecule has 1 unspecified atom stereocenters. The number of nitrogens with zero attached hydrogens (tertiary/aromatic N) is 1. The minimum atomic E-state index is -0.0925. The lowest BCUT2D eigenvalue weighted by molar-refractivity contribution is -0.124. The van der Waals surface area contributed by atoms with E-state index in [1.807, 2.05) is 13.8 Å². The van der Waals surface area contributed by atoms with Crippen LogP contribution >= 0.6 is 0 Å².